The number of nitrogens with one attached hydrogen (secondary N) is 2. The number of hydrazine groups is 2. The Morgan fingerprint density at radius 2 is 1.81 bits per heavy atom. The van der Waals surface area contributed by atoms with E-state index in [-0.39, 0.29) is 0 Å². The van der Waals surface area contributed by atoms with E-state index < -0.39 is 0 Å². The normalized spacial score (nSPS) is 9.75. The first kappa shape index (κ1) is 12.3. The zero-order valence-electron chi connectivity index (χ0n) is 9.32. The molecule has 0 saturated carbocycles. The van der Waals surface area contributed by atoms with Gasteiger partial charge in [0.2, 0.25) is 0 Å². The molecule has 0 bridgehead atoms. The van der Waals surface area contributed by atoms with Crippen LogP contribution in [0.25, 0.3) is 0 Å². The Kier molecular flexibility index (Phi) is 5.11. The van der Waals surface area contributed by atoms with Crippen LogP contribution >= 0.6 is 0 Å². The molecule has 1 aromatic rings. The Labute approximate surface area is 96.4 Å². The van der Waals surface area contributed by atoms with Gasteiger partial charge in [0.05, 0.1) is 5.69 Å². The zero-order valence-corrected chi connectivity index (χ0v) is 9.32. The maximum atomic E-state index is 5.73. The highest BCUT2D eigenvalue weighted by Crippen LogP contribution is 2.14. The third-order valence-electron chi connectivity index (χ3n) is 1.92. The minimum Gasteiger partial charge on any atom is -0.399 e. The van der Waals surface area contributed by atoms with Gasteiger partial charge in [0, 0.05) is 18.8 Å². The molecule has 0 aromatic heterocycles. The molecule has 0 aliphatic heterocycles. The molecular weight excluding hydrogens is 200 g/mol. The van der Waals surface area contributed by atoms with Crippen molar-refractivity contribution in [2.75, 3.05) is 23.9 Å². The number of nitrogen functional groups attached to an aromatic ring is 1. The van der Waals surface area contributed by atoms with Gasteiger partial charge >= 0.3 is 0 Å². The van der Waals surface area contributed by atoms with Crippen molar-refractivity contribution in [3.8, 4) is 0 Å². The van der Waals surface area contributed by atoms with E-state index in [1.165, 1.54) is 0 Å². The smallest absolute Gasteiger partial charge is 0.0722 e. The molecule has 0 heterocycles. The predicted octanol–water partition coefficient (Wildman–Crippen LogP) is 1.46. The minimum absolute atomic E-state index is 0.666. The molecule has 16 heavy (non-hydrogen) atoms. The third-order valence-corrected chi connectivity index (χ3v) is 1.92. The lowest BCUT2D eigenvalue weighted by atomic mass is 10.3. The number of hydrogen-bond donors (Lipinski definition) is 3. The van der Waals surface area contributed by atoms with Crippen molar-refractivity contribution in [2.24, 2.45) is 0 Å². The van der Waals surface area contributed by atoms with Gasteiger partial charge in [0.25, 0.3) is 0 Å². The molecule has 1 aromatic carbocycles. The van der Waals surface area contributed by atoms with Gasteiger partial charge in [-0.25, -0.2) is 16.0 Å². The summed E-state index contributed by atoms with van der Waals surface area (Å²) < 4.78 is 0. The van der Waals surface area contributed by atoms with Crippen LogP contribution < -0.4 is 21.7 Å². The highest BCUT2D eigenvalue weighted by molar-refractivity contribution is 5.54. The molecule has 4 N–H and O–H groups in total. The Morgan fingerprint density at radius 3 is 2.31 bits per heavy atom. The van der Waals surface area contributed by atoms with Gasteiger partial charge in [0.1, 0.15) is 0 Å². The van der Waals surface area contributed by atoms with Crippen LogP contribution in [0.1, 0.15) is 0 Å². The van der Waals surface area contributed by atoms with Gasteiger partial charge in [-0.2, -0.15) is 0 Å². The van der Waals surface area contributed by atoms with Gasteiger partial charge in [-0.1, -0.05) is 18.2 Å². The van der Waals surface area contributed by atoms with Crippen LogP contribution in [0.4, 0.5) is 11.4 Å². The van der Waals surface area contributed by atoms with Crippen molar-refractivity contribution in [3.05, 3.63) is 49.6 Å². The lowest BCUT2D eigenvalue weighted by Gasteiger charge is -2.25. The number of hydrogen-bond acceptors (Lipinski definition) is 4. The Balaban J connectivity index is 2.73. The molecule has 4 nitrogen and oxygen atoms in total. The quantitative estimate of drug-likeness (QED) is 0.368. The van der Waals surface area contributed by atoms with Crippen molar-refractivity contribution in [2.45, 2.75) is 0 Å². The van der Waals surface area contributed by atoms with Crippen molar-refractivity contribution >= 4 is 11.4 Å². The van der Waals surface area contributed by atoms with Crippen LogP contribution in [0.15, 0.2) is 49.6 Å². The zero-order chi connectivity index (χ0) is 11.8. The van der Waals surface area contributed by atoms with E-state index in [0.29, 0.717) is 13.1 Å². The van der Waals surface area contributed by atoms with Gasteiger partial charge in [-0.15, -0.1) is 13.2 Å². The average molecular weight is 218 g/mol. The topological polar surface area (TPSA) is 53.3 Å². The first-order valence-corrected chi connectivity index (χ1v) is 5.12. The fourth-order valence-electron chi connectivity index (χ4n) is 1.21. The number of rotatable bonds is 7. The molecule has 0 atom stereocenters. The van der Waals surface area contributed by atoms with Gasteiger partial charge in [0.15, 0.2) is 0 Å². The molecule has 0 fully saturated rings. The van der Waals surface area contributed by atoms with E-state index in [2.05, 4.69) is 24.0 Å². The molecule has 86 valence electrons. The standard InChI is InChI=1S/C12H18N4/c1-3-8-14-16(15-9-4-2)12-7-5-6-11(13)10-12/h3-7,10,14-15H,1-2,8-9,13H2. The molecule has 0 aliphatic rings. The summed E-state index contributed by atoms with van der Waals surface area (Å²) in [6.45, 7) is 8.66. The van der Waals surface area contributed by atoms with Crippen LogP contribution in [-0.2, 0) is 0 Å². The summed E-state index contributed by atoms with van der Waals surface area (Å²) in [5.41, 5.74) is 13.7. The van der Waals surface area contributed by atoms with Crippen LogP contribution in [-0.4, -0.2) is 13.1 Å². The third kappa shape index (κ3) is 3.76. The van der Waals surface area contributed by atoms with Crippen LogP contribution in [0, 0.1) is 0 Å². The first-order chi connectivity index (χ1) is 7.77. The highest BCUT2D eigenvalue weighted by atomic mass is 15.7. The second kappa shape index (κ2) is 6.66. The number of nitrogens with two attached hydrogens (primary N) is 1. The lowest BCUT2D eigenvalue weighted by Crippen LogP contribution is -2.48. The summed E-state index contributed by atoms with van der Waals surface area (Å²) in [5.74, 6) is 0. The molecule has 0 aliphatic carbocycles. The lowest BCUT2D eigenvalue weighted by molar-refractivity contribution is 0.575. The molecule has 0 spiro atoms. The molecule has 4 heteroatoms. The summed E-state index contributed by atoms with van der Waals surface area (Å²) in [7, 11) is 0. The highest BCUT2D eigenvalue weighted by Gasteiger charge is 2.03. The fraction of sp³-hybridized carbons (Fsp3) is 0.167. The fourth-order valence-corrected chi connectivity index (χ4v) is 1.21. The number of anilines is 2. The van der Waals surface area contributed by atoms with Gasteiger partial charge < -0.3 is 5.73 Å². The van der Waals surface area contributed by atoms with Crippen LogP contribution in [0.5, 0.6) is 0 Å². The van der Waals surface area contributed by atoms with E-state index in [0.717, 1.165) is 11.4 Å². The van der Waals surface area contributed by atoms with Gasteiger partial charge in [-0.05, 0) is 18.2 Å². The van der Waals surface area contributed by atoms with Gasteiger partial charge in [-0.3, -0.25) is 0 Å². The molecule has 0 radical (unpaired) electrons. The summed E-state index contributed by atoms with van der Waals surface area (Å²) in [4.78, 5) is 0. The molecule has 0 unspecified atom stereocenters. The average Bonchev–Trinajstić information content (AvgIpc) is 2.29. The second-order valence-corrected chi connectivity index (χ2v) is 3.23. The predicted molar refractivity (Wildman–Crippen MR) is 69.7 cm³/mol. The van der Waals surface area contributed by atoms with Crippen LogP contribution in [0.3, 0.4) is 0 Å². The van der Waals surface area contributed by atoms with E-state index in [1.807, 2.05) is 24.3 Å². The van der Waals surface area contributed by atoms with Crippen molar-refractivity contribution in [3.63, 3.8) is 0 Å². The van der Waals surface area contributed by atoms with Crippen molar-refractivity contribution in [1.82, 2.24) is 10.9 Å². The Hall–Kier alpha value is -1.78. The summed E-state index contributed by atoms with van der Waals surface area (Å²) in [6, 6.07) is 7.60. The molecular formula is C12H18N4. The molecule has 0 amide bonds. The Morgan fingerprint density at radius 1 is 1.19 bits per heavy atom. The van der Waals surface area contributed by atoms with E-state index >= 15 is 0 Å². The monoisotopic (exact) mass is 218 g/mol. The van der Waals surface area contributed by atoms with E-state index in [9.17, 15) is 0 Å². The van der Waals surface area contributed by atoms with Crippen molar-refractivity contribution in [1.29, 1.82) is 0 Å². The molecule has 0 saturated heterocycles. The summed E-state index contributed by atoms with van der Waals surface area (Å²) in [6.07, 6.45) is 3.57. The largest absolute Gasteiger partial charge is 0.399 e. The number of nitrogens with zero attached hydrogens (tertiary/aromatic N) is 1. The van der Waals surface area contributed by atoms with Crippen molar-refractivity contribution < 1.29 is 0 Å². The minimum atomic E-state index is 0.666. The maximum absolute atomic E-state index is 5.73. The molecule has 1 rings (SSSR count). The summed E-state index contributed by atoms with van der Waals surface area (Å²) in [5, 5.41) is 1.81. The van der Waals surface area contributed by atoms with Crippen LogP contribution in [0.2, 0.25) is 0 Å². The number of benzene rings is 1. The first-order valence-electron chi connectivity index (χ1n) is 5.12. The Bertz CT molecular complexity index is 337. The summed E-state index contributed by atoms with van der Waals surface area (Å²) >= 11 is 0. The van der Waals surface area contributed by atoms with E-state index in [1.54, 1.807) is 17.3 Å². The maximum Gasteiger partial charge on any atom is 0.0722 e. The second-order valence-electron chi connectivity index (χ2n) is 3.23. The van der Waals surface area contributed by atoms with E-state index in [4.69, 9.17) is 5.73 Å². The SMILES string of the molecule is C=CCNN(NCC=C)c1cccc(N)c1.